The van der Waals surface area contributed by atoms with Crippen molar-refractivity contribution < 1.29 is 22.3 Å². The van der Waals surface area contributed by atoms with E-state index in [4.69, 9.17) is 16.3 Å². The van der Waals surface area contributed by atoms with E-state index in [9.17, 15) is 17.6 Å². The van der Waals surface area contributed by atoms with Gasteiger partial charge in [-0.1, -0.05) is 17.7 Å². The Morgan fingerprint density at radius 2 is 1.93 bits per heavy atom. The fraction of sp³-hybridized carbons (Fsp3) is 0.278. The molecule has 6 nitrogen and oxygen atoms in total. The fourth-order valence-electron chi connectivity index (χ4n) is 2.88. The van der Waals surface area contributed by atoms with Crippen LogP contribution in [0.1, 0.15) is 23.2 Å². The Balaban J connectivity index is 1.95. The average Bonchev–Trinajstić information content (AvgIpc) is 3.20. The number of halogens is 2. The zero-order chi connectivity index (χ0) is 19.6. The number of anilines is 1. The number of carbonyl (C=O) groups excluding carboxylic acids is 1. The lowest BCUT2D eigenvalue weighted by Gasteiger charge is -2.18. The molecule has 0 saturated carbocycles. The third-order valence-corrected chi connectivity index (χ3v) is 6.52. The van der Waals surface area contributed by atoms with Crippen LogP contribution in [0.25, 0.3) is 0 Å². The first-order valence-corrected chi connectivity index (χ1v) is 10.1. The maximum absolute atomic E-state index is 14.0. The minimum absolute atomic E-state index is 0.0629. The Kier molecular flexibility index (Phi) is 5.69. The van der Waals surface area contributed by atoms with Crippen LogP contribution in [0.2, 0.25) is 5.02 Å². The van der Waals surface area contributed by atoms with Crippen LogP contribution in [0.3, 0.4) is 0 Å². The third kappa shape index (κ3) is 3.92. The number of benzene rings is 2. The number of nitrogens with one attached hydrogen (secondary N) is 1. The molecular formula is C18H18ClFN2O4S. The molecule has 1 heterocycles. The summed E-state index contributed by atoms with van der Waals surface area (Å²) in [6.45, 7) is 0.852. The van der Waals surface area contributed by atoms with Gasteiger partial charge < -0.3 is 10.1 Å². The van der Waals surface area contributed by atoms with Gasteiger partial charge in [-0.05, 0) is 43.2 Å². The van der Waals surface area contributed by atoms with Gasteiger partial charge in [0.1, 0.15) is 10.6 Å². The molecule has 9 heteroatoms. The van der Waals surface area contributed by atoms with Gasteiger partial charge in [-0.3, -0.25) is 4.79 Å². The molecule has 1 N–H and O–H groups in total. The van der Waals surface area contributed by atoms with E-state index in [1.54, 1.807) is 0 Å². The van der Waals surface area contributed by atoms with Crippen molar-refractivity contribution in [1.29, 1.82) is 0 Å². The van der Waals surface area contributed by atoms with Crippen molar-refractivity contribution in [2.45, 2.75) is 17.7 Å². The summed E-state index contributed by atoms with van der Waals surface area (Å²) in [4.78, 5) is 12.4. The molecule has 144 valence electrons. The number of nitrogens with zero attached hydrogens (tertiary/aromatic N) is 1. The van der Waals surface area contributed by atoms with Crippen LogP contribution < -0.4 is 10.1 Å². The second-order valence-electron chi connectivity index (χ2n) is 6.03. The molecule has 27 heavy (non-hydrogen) atoms. The fourth-order valence-corrected chi connectivity index (χ4v) is 4.76. The summed E-state index contributed by atoms with van der Waals surface area (Å²) in [5.74, 6) is -1.27. The second kappa shape index (κ2) is 7.84. The number of ether oxygens (including phenoxy) is 1. The highest BCUT2D eigenvalue weighted by Gasteiger charge is 2.30. The first kappa shape index (κ1) is 19.6. The summed E-state index contributed by atoms with van der Waals surface area (Å²) < 4.78 is 46.3. The van der Waals surface area contributed by atoms with Gasteiger partial charge in [0.15, 0.2) is 5.82 Å². The minimum atomic E-state index is -3.79. The topological polar surface area (TPSA) is 75.7 Å². The number of carbonyl (C=O) groups is 1. The number of methoxy groups -OCH3 is 1. The molecule has 0 bridgehead atoms. The molecule has 0 spiro atoms. The molecule has 0 aliphatic carbocycles. The third-order valence-electron chi connectivity index (χ3n) is 4.31. The predicted molar refractivity (Wildman–Crippen MR) is 100 cm³/mol. The van der Waals surface area contributed by atoms with Crippen molar-refractivity contribution >= 4 is 33.2 Å². The van der Waals surface area contributed by atoms with E-state index in [0.29, 0.717) is 13.1 Å². The van der Waals surface area contributed by atoms with Crippen LogP contribution in [0.15, 0.2) is 41.3 Å². The van der Waals surface area contributed by atoms with Crippen molar-refractivity contribution in [3.05, 3.63) is 52.8 Å². The van der Waals surface area contributed by atoms with Crippen LogP contribution in [-0.2, 0) is 10.0 Å². The zero-order valence-corrected chi connectivity index (χ0v) is 16.1. The first-order valence-electron chi connectivity index (χ1n) is 8.28. The summed E-state index contributed by atoms with van der Waals surface area (Å²) in [6, 6.07) is 8.29. The Morgan fingerprint density at radius 3 is 2.59 bits per heavy atom. The number of sulfonamides is 1. The molecule has 3 rings (SSSR count). The van der Waals surface area contributed by atoms with Crippen LogP contribution in [0.4, 0.5) is 10.1 Å². The predicted octanol–water partition coefficient (Wildman–Crippen LogP) is 3.52. The summed E-state index contributed by atoms with van der Waals surface area (Å²) >= 11 is 5.71. The molecule has 0 atom stereocenters. The quantitative estimate of drug-likeness (QED) is 0.815. The lowest BCUT2D eigenvalue weighted by atomic mass is 10.2. The molecule has 0 aromatic heterocycles. The lowest BCUT2D eigenvalue weighted by Crippen LogP contribution is -2.28. The van der Waals surface area contributed by atoms with Gasteiger partial charge in [0.05, 0.1) is 17.8 Å². The smallest absolute Gasteiger partial charge is 0.255 e. The zero-order valence-electron chi connectivity index (χ0n) is 14.5. The van der Waals surface area contributed by atoms with Crippen molar-refractivity contribution in [2.75, 3.05) is 25.5 Å². The van der Waals surface area contributed by atoms with Crippen LogP contribution in [0, 0.1) is 5.82 Å². The molecule has 0 unspecified atom stereocenters. The van der Waals surface area contributed by atoms with Crippen LogP contribution in [-0.4, -0.2) is 38.8 Å². The lowest BCUT2D eigenvalue weighted by molar-refractivity contribution is 0.102. The van der Waals surface area contributed by atoms with Gasteiger partial charge >= 0.3 is 0 Å². The molecule has 1 aliphatic rings. The summed E-state index contributed by atoms with van der Waals surface area (Å²) in [5.41, 5.74) is -0.0276. The van der Waals surface area contributed by atoms with E-state index in [0.717, 1.165) is 12.8 Å². The SMILES string of the molecule is COc1ccc(C(=O)Nc2cccc(Cl)c2F)cc1S(=O)(=O)N1CCCC1. The molecule has 2 aromatic rings. The van der Waals surface area contributed by atoms with Gasteiger partial charge in [0, 0.05) is 18.7 Å². The monoisotopic (exact) mass is 412 g/mol. The van der Waals surface area contributed by atoms with E-state index in [2.05, 4.69) is 5.32 Å². The highest BCUT2D eigenvalue weighted by Crippen LogP contribution is 2.30. The van der Waals surface area contributed by atoms with Gasteiger partial charge in [-0.25, -0.2) is 12.8 Å². The molecule has 0 radical (unpaired) electrons. The summed E-state index contributed by atoms with van der Waals surface area (Å²) in [6.07, 6.45) is 1.57. The van der Waals surface area contributed by atoms with E-state index in [1.807, 2.05) is 0 Å². The van der Waals surface area contributed by atoms with Crippen molar-refractivity contribution in [3.63, 3.8) is 0 Å². The van der Waals surface area contributed by atoms with Gasteiger partial charge in [0.2, 0.25) is 10.0 Å². The van der Waals surface area contributed by atoms with Gasteiger partial charge in [-0.15, -0.1) is 0 Å². The summed E-state index contributed by atoms with van der Waals surface area (Å²) in [7, 11) is -2.43. The normalized spacial score (nSPS) is 14.9. The molecular weight excluding hydrogens is 395 g/mol. The first-order chi connectivity index (χ1) is 12.8. The van der Waals surface area contributed by atoms with E-state index in [1.165, 1.54) is 47.8 Å². The van der Waals surface area contributed by atoms with Crippen molar-refractivity contribution in [1.82, 2.24) is 4.31 Å². The molecule has 1 fully saturated rings. The molecule has 1 saturated heterocycles. The van der Waals surface area contributed by atoms with Crippen molar-refractivity contribution in [3.8, 4) is 5.75 Å². The van der Waals surface area contributed by atoms with E-state index >= 15 is 0 Å². The average molecular weight is 413 g/mol. The van der Waals surface area contributed by atoms with Crippen LogP contribution in [0.5, 0.6) is 5.75 Å². The highest BCUT2D eigenvalue weighted by atomic mass is 35.5. The number of hydrogen-bond donors (Lipinski definition) is 1. The standard InChI is InChI=1S/C18H18ClFN2O4S/c1-26-15-8-7-12(11-16(15)27(24,25)22-9-2-3-10-22)18(23)21-14-6-4-5-13(19)17(14)20/h4-8,11H,2-3,9-10H2,1H3,(H,21,23). The van der Waals surface area contributed by atoms with Gasteiger partial charge in [-0.2, -0.15) is 4.31 Å². The van der Waals surface area contributed by atoms with Gasteiger partial charge in [0.25, 0.3) is 5.91 Å². The van der Waals surface area contributed by atoms with Crippen molar-refractivity contribution in [2.24, 2.45) is 0 Å². The molecule has 2 aromatic carbocycles. The Morgan fingerprint density at radius 1 is 1.22 bits per heavy atom. The Hall–Kier alpha value is -2.16. The maximum atomic E-state index is 14.0. The number of amides is 1. The Bertz CT molecular complexity index is 975. The van der Waals surface area contributed by atoms with E-state index in [-0.39, 0.29) is 26.9 Å². The number of hydrogen-bond acceptors (Lipinski definition) is 4. The summed E-state index contributed by atoms with van der Waals surface area (Å²) in [5, 5.41) is 2.28. The maximum Gasteiger partial charge on any atom is 0.255 e. The highest BCUT2D eigenvalue weighted by molar-refractivity contribution is 7.89. The number of rotatable bonds is 5. The molecule has 1 amide bonds. The van der Waals surface area contributed by atoms with E-state index < -0.39 is 21.7 Å². The largest absolute Gasteiger partial charge is 0.495 e. The minimum Gasteiger partial charge on any atom is -0.495 e. The molecule has 1 aliphatic heterocycles. The van der Waals surface area contributed by atoms with Crippen LogP contribution >= 0.6 is 11.6 Å². The Labute approximate surface area is 161 Å². The second-order valence-corrected chi connectivity index (χ2v) is 8.35.